The maximum Gasteiger partial charge on any atom is 0.242 e. The summed E-state index contributed by atoms with van der Waals surface area (Å²) in [6.07, 6.45) is 0. The molecule has 4 aromatic rings. The van der Waals surface area contributed by atoms with Crippen molar-refractivity contribution in [2.75, 3.05) is 12.4 Å². The minimum atomic E-state index is -0.489. The molecule has 0 aliphatic carbocycles. The molecule has 3 aromatic carbocycles. The van der Waals surface area contributed by atoms with Crippen molar-refractivity contribution >= 4 is 46.9 Å². The largest absolute Gasteiger partial charge is 0.497 e. The van der Waals surface area contributed by atoms with Gasteiger partial charge in [-0.15, -0.1) is 5.10 Å². The lowest BCUT2D eigenvalue weighted by Gasteiger charge is -2.16. The van der Waals surface area contributed by atoms with Gasteiger partial charge in [-0.1, -0.05) is 77.7 Å². The summed E-state index contributed by atoms with van der Waals surface area (Å²) in [6.45, 7) is 0. The third-order valence-corrected chi connectivity index (χ3v) is 7.00. The number of carbonyl (C=O) groups is 1. The van der Waals surface area contributed by atoms with E-state index in [1.54, 1.807) is 17.9 Å². The van der Waals surface area contributed by atoms with Crippen LogP contribution in [0.4, 0.5) is 5.69 Å². The molecule has 4 rings (SSSR count). The van der Waals surface area contributed by atoms with Gasteiger partial charge in [-0.3, -0.25) is 4.79 Å². The number of carbonyl (C=O) groups excluding carboxylic acids is 1. The van der Waals surface area contributed by atoms with Gasteiger partial charge < -0.3 is 10.1 Å². The maximum atomic E-state index is 13.3. The van der Waals surface area contributed by atoms with E-state index in [1.165, 1.54) is 23.1 Å². The summed E-state index contributed by atoms with van der Waals surface area (Å²) in [7, 11) is 1.60. The number of rotatable bonds is 7. The summed E-state index contributed by atoms with van der Waals surface area (Å²) in [5, 5.41) is 7.16. The normalized spacial score (nSPS) is 11.6. The third kappa shape index (κ3) is 5.22. The molecule has 0 bridgehead atoms. The molecule has 156 valence electrons. The predicted octanol–water partition coefficient (Wildman–Crippen LogP) is 6.14. The molecule has 0 fully saturated rings. The highest BCUT2D eigenvalue weighted by Crippen LogP contribution is 2.38. The Labute approximate surface area is 193 Å². The van der Waals surface area contributed by atoms with Gasteiger partial charge in [-0.05, 0) is 42.0 Å². The Kier molecular flexibility index (Phi) is 6.81. The predicted molar refractivity (Wildman–Crippen MR) is 129 cm³/mol. The van der Waals surface area contributed by atoms with Crippen LogP contribution in [0.15, 0.2) is 89.3 Å². The number of amides is 1. The van der Waals surface area contributed by atoms with Crippen LogP contribution in [0.2, 0.25) is 0 Å². The van der Waals surface area contributed by atoms with Gasteiger partial charge in [0, 0.05) is 11.8 Å². The molecular weight excluding hydrogens is 446 g/mol. The van der Waals surface area contributed by atoms with Crippen LogP contribution in [0, 0.1) is 3.95 Å². The molecule has 8 heteroatoms. The lowest BCUT2D eigenvalue weighted by atomic mass is 10.1. The molecule has 1 unspecified atom stereocenters. The van der Waals surface area contributed by atoms with E-state index in [0.717, 1.165) is 15.6 Å². The number of hydrogen-bond donors (Lipinski definition) is 1. The molecule has 1 amide bonds. The Bertz CT molecular complexity index is 1220. The lowest BCUT2D eigenvalue weighted by molar-refractivity contribution is -0.115. The number of methoxy groups -OCH3 is 1. The van der Waals surface area contributed by atoms with Crippen molar-refractivity contribution in [3.63, 3.8) is 0 Å². The van der Waals surface area contributed by atoms with Crippen molar-refractivity contribution in [1.82, 2.24) is 9.78 Å². The topological polar surface area (TPSA) is 56.1 Å². The van der Waals surface area contributed by atoms with Crippen LogP contribution >= 0.6 is 35.3 Å². The zero-order chi connectivity index (χ0) is 21.6. The summed E-state index contributed by atoms with van der Waals surface area (Å²) in [5.41, 5.74) is 2.46. The zero-order valence-corrected chi connectivity index (χ0v) is 19.0. The van der Waals surface area contributed by atoms with Crippen LogP contribution in [-0.2, 0) is 4.79 Å². The molecule has 0 saturated carbocycles. The van der Waals surface area contributed by atoms with Crippen LogP contribution in [0.3, 0.4) is 0 Å². The van der Waals surface area contributed by atoms with E-state index in [9.17, 15) is 4.79 Å². The molecule has 0 radical (unpaired) electrons. The first-order valence-electron chi connectivity index (χ1n) is 9.46. The second kappa shape index (κ2) is 9.91. The van der Waals surface area contributed by atoms with E-state index in [-0.39, 0.29) is 5.91 Å². The lowest BCUT2D eigenvalue weighted by Crippen LogP contribution is -2.19. The molecular formula is C23H19N3O2S3. The smallest absolute Gasteiger partial charge is 0.242 e. The summed E-state index contributed by atoms with van der Waals surface area (Å²) in [6, 6.07) is 26.7. The average Bonchev–Trinajstić information content (AvgIpc) is 3.19. The minimum Gasteiger partial charge on any atom is -0.497 e. The van der Waals surface area contributed by atoms with Gasteiger partial charge in [0.1, 0.15) is 11.0 Å². The fourth-order valence-corrected chi connectivity index (χ4v) is 5.50. The first-order valence-corrected chi connectivity index (χ1v) is 11.6. The fraction of sp³-hybridized carbons (Fsp3) is 0.0870. The quantitative estimate of drug-likeness (QED) is 0.262. The summed E-state index contributed by atoms with van der Waals surface area (Å²) in [4.78, 5) is 13.3. The summed E-state index contributed by atoms with van der Waals surface area (Å²) in [5.74, 6) is 0.540. The Morgan fingerprint density at radius 1 is 1.06 bits per heavy atom. The number of para-hydroxylation sites is 1. The number of aromatic nitrogens is 2. The van der Waals surface area contributed by atoms with E-state index in [0.29, 0.717) is 15.4 Å². The van der Waals surface area contributed by atoms with Crippen LogP contribution in [0.5, 0.6) is 5.75 Å². The van der Waals surface area contributed by atoms with Crippen LogP contribution < -0.4 is 10.1 Å². The van der Waals surface area contributed by atoms with Crippen LogP contribution in [0.1, 0.15) is 10.8 Å². The number of hydrogen-bond acceptors (Lipinski definition) is 6. The Morgan fingerprint density at radius 3 is 2.48 bits per heavy atom. The molecule has 5 nitrogen and oxygen atoms in total. The van der Waals surface area contributed by atoms with Gasteiger partial charge in [0.15, 0.2) is 8.29 Å². The second-order valence-corrected chi connectivity index (χ2v) is 9.49. The van der Waals surface area contributed by atoms with Crippen molar-refractivity contribution in [2.24, 2.45) is 0 Å². The van der Waals surface area contributed by atoms with Gasteiger partial charge >= 0.3 is 0 Å². The minimum absolute atomic E-state index is 0.142. The number of nitrogens with one attached hydrogen (secondary N) is 1. The Morgan fingerprint density at radius 2 is 1.77 bits per heavy atom. The highest BCUT2D eigenvalue weighted by molar-refractivity contribution is 8.02. The second-order valence-electron chi connectivity index (χ2n) is 6.51. The van der Waals surface area contributed by atoms with Crippen molar-refractivity contribution in [2.45, 2.75) is 9.59 Å². The molecule has 1 aromatic heterocycles. The van der Waals surface area contributed by atoms with E-state index < -0.39 is 5.25 Å². The number of benzene rings is 3. The first-order chi connectivity index (χ1) is 15.1. The molecule has 31 heavy (non-hydrogen) atoms. The molecule has 1 N–H and O–H groups in total. The van der Waals surface area contributed by atoms with Gasteiger partial charge in [-0.25, -0.2) is 4.68 Å². The summed E-state index contributed by atoms with van der Waals surface area (Å²) < 4.78 is 8.34. The molecule has 1 atom stereocenters. The molecule has 0 aliphatic rings. The monoisotopic (exact) mass is 465 g/mol. The van der Waals surface area contributed by atoms with Crippen molar-refractivity contribution in [3.05, 3.63) is 94.4 Å². The molecule has 0 saturated heterocycles. The molecule has 0 aliphatic heterocycles. The summed E-state index contributed by atoms with van der Waals surface area (Å²) >= 11 is 8.29. The molecule has 0 spiro atoms. The van der Waals surface area contributed by atoms with Crippen molar-refractivity contribution in [1.29, 1.82) is 0 Å². The Balaban J connectivity index is 1.62. The number of anilines is 1. The number of ether oxygens (including phenoxy) is 1. The first kappa shape index (κ1) is 21.3. The highest BCUT2D eigenvalue weighted by Gasteiger charge is 2.24. The van der Waals surface area contributed by atoms with E-state index in [4.69, 9.17) is 17.0 Å². The van der Waals surface area contributed by atoms with Gasteiger partial charge in [-0.2, -0.15) is 0 Å². The van der Waals surface area contributed by atoms with E-state index in [2.05, 4.69) is 10.4 Å². The number of nitrogens with zero attached hydrogens (tertiary/aromatic N) is 2. The van der Waals surface area contributed by atoms with Crippen LogP contribution in [-0.4, -0.2) is 22.8 Å². The van der Waals surface area contributed by atoms with E-state index in [1.807, 2.05) is 78.9 Å². The van der Waals surface area contributed by atoms with Crippen molar-refractivity contribution < 1.29 is 9.53 Å². The van der Waals surface area contributed by atoms with Crippen molar-refractivity contribution in [3.8, 4) is 11.4 Å². The highest BCUT2D eigenvalue weighted by atomic mass is 32.2. The van der Waals surface area contributed by atoms with Gasteiger partial charge in [0.25, 0.3) is 0 Å². The SMILES string of the molecule is COc1cccc(NC(=O)C(Sc2nn(-c3ccccc3)c(=S)s2)c2ccccc2)c1. The number of thioether (sulfide) groups is 1. The Hall–Kier alpha value is -2.94. The third-order valence-electron chi connectivity index (χ3n) is 4.43. The maximum absolute atomic E-state index is 13.3. The van der Waals surface area contributed by atoms with Gasteiger partial charge in [0.05, 0.1) is 12.8 Å². The van der Waals surface area contributed by atoms with E-state index >= 15 is 0 Å². The van der Waals surface area contributed by atoms with Crippen LogP contribution in [0.25, 0.3) is 5.69 Å². The zero-order valence-electron chi connectivity index (χ0n) is 16.6. The van der Waals surface area contributed by atoms with Gasteiger partial charge in [0.2, 0.25) is 5.91 Å². The standard InChI is InChI=1S/C23H19N3O2S3/c1-28-19-14-8-11-17(15-19)24-21(27)20(16-9-4-2-5-10-16)30-22-25-26(23(29)31-22)18-12-6-3-7-13-18/h2-15,20H,1H3,(H,24,27). The molecule has 1 heterocycles. The fourth-order valence-electron chi connectivity index (χ4n) is 2.95. The average molecular weight is 466 g/mol.